The van der Waals surface area contributed by atoms with Gasteiger partial charge >= 0.3 is 6.09 Å². The Labute approximate surface area is 152 Å². The monoisotopic (exact) mass is 373 g/mol. The van der Waals surface area contributed by atoms with E-state index >= 15 is 0 Å². The summed E-state index contributed by atoms with van der Waals surface area (Å²) in [6.07, 6.45) is 2.65. The number of nitrogens with one attached hydrogen (secondary N) is 1. The van der Waals surface area contributed by atoms with Gasteiger partial charge in [0.15, 0.2) is 5.82 Å². The lowest BCUT2D eigenvalue weighted by molar-refractivity contribution is 0.0835. The van der Waals surface area contributed by atoms with Gasteiger partial charge in [0.1, 0.15) is 11.9 Å². The first-order chi connectivity index (χ1) is 12.6. The van der Waals surface area contributed by atoms with Gasteiger partial charge in [-0.2, -0.15) is 10.1 Å². The van der Waals surface area contributed by atoms with Crippen molar-refractivity contribution in [3.8, 4) is 11.4 Å². The summed E-state index contributed by atoms with van der Waals surface area (Å²) in [6, 6.07) is 7.92. The minimum absolute atomic E-state index is 0.0304. The Balaban J connectivity index is 1.50. The number of aromatic nitrogens is 4. The maximum absolute atomic E-state index is 13.6. The highest BCUT2D eigenvalue weighted by Crippen LogP contribution is 2.30. The average molecular weight is 374 g/mol. The fourth-order valence-electron chi connectivity index (χ4n) is 2.73. The predicted molar refractivity (Wildman–Crippen MR) is 92.2 cm³/mol. The minimum Gasteiger partial charge on any atom is -0.441 e. The van der Waals surface area contributed by atoms with Crippen molar-refractivity contribution in [2.24, 2.45) is 0 Å². The van der Waals surface area contributed by atoms with E-state index in [1.165, 1.54) is 17.0 Å². The number of H-pyrrole nitrogens is 1. The van der Waals surface area contributed by atoms with Crippen molar-refractivity contribution < 1.29 is 13.9 Å². The lowest BCUT2D eigenvalue weighted by atomic mass is 10.1. The van der Waals surface area contributed by atoms with E-state index in [1.54, 1.807) is 30.6 Å². The van der Waals surface area contributed by atoms with Gasteiger partial charge in [-0.15, -0.1) is 0 Å². The van der Waals surface area contributed by atoms with Crippen LogP contribution in [0.3, 0.4) is 0 Å². The SMILES string of the molecule is O=C1OC(c2ccc(Cl)c(F)c2)CCN1c1nc(-c2ccncc2)n[nH]1. The van der Waals surface area contributed by atoms with Crippen LogP contribution in [0.1, 0.15) is 18.1 Å². The third-order valence-corrected chi connectivity index (χ3v) is 4.37. The highest BCUT2D eigenvalue weighted by atomic mass is 35.5. The maximum atomic E-state index is 13.6. The Morgan fingerprint density at radius 1 is 1.27 bits per heavy atom. The second-order valence-corrected chi connectivity index (χ2v) is 6.11. The molecule has 132 valence electrons. The molecular weight excluding hydrogens is 361 g/mol. The third-order valence-electron chi connectivity index (χ3n) is 4.06. The molecule has 1 unspecified atom stereocenters. The first-order valence-electron chi connectivity index (χ1n) is 7.88. The molecule has 1 aromatic carbocycles. The van der Waals surface area contributed by atoms with E-state index in [0.29, 0.717) is 30.3 Å². The standard InChI is InChI=1S/C17H13ClFN5O2/c18-12-2-1-11(9-13(12)19)14-5-8-24(17(25)26-14)16-21-15(22-23-16)10-3-6-20-7-4-10/h1-4,6-7,9,14H,5,8H2,(H,21,22,23). The quantitative estimate of drug-likeness (QED) is 0.755. The molecule has 4 rings (SSSR count). The molecule has 0 bridgehead atoms. The van der Waals surface area contributed by atoms with E-state index in [0.717, 1.165) is 5.56 Å². The van der Waals surface area contributed by atoms with Gasteiger partial charge in [-0.3, -0.25) is 4.98 Å². The predicted octanol–water partition coefficient (Wildman–Crippen LogP) is 3.75. The van der Waals surface area contributed by atoms with Crippen molar-refractivity contribution in [3.05, 3.63) is 59.1 Å². The third kappa shape index (κ3) is 3.11. The van der Waals surface area contributed by atoms with Crippen LogP contribution in [-0.2, 0) is 4.74 Å². The minimum atomic E-state index is -0.575. The highest BCUT2D eigenvalue weighted by molar-refractivity contribution is 6.30. The van der Waals surface area contributed by atoms with Gasteiger partial charge in [0.25, 0.3) is 0 Å². The lowest BCUT2D eigenvalue weighted by Crippen LogP contribution is -2.39. The highest BCUT2D eigenvalue weighted by Gasteiger charge is 2.31. The molecule has 1 saturated heterocycles. The van der Waals surface area contributed by atoms with Crippen LogP contribution in [0.25, 0.3) is 11.4 Å². The largest absolute Gasteiger partial charge is 0.441 e. The van der Waals surface area contributed by atoms with Crippen molar-refractivity contribution in [1.82, 2.24) is 20.2 Å². The van der Waals surface area contributed by atoms with Gasteiger partial charge in [0.2, 0.25) is 5.95 Å². The molecule has 1 fully saturated rings. The molecule has 9 heteroatoms. The number of anilines is 1. The molecule has 0 radical (unpaired) electrons. The van der Waals surface area contributed by atoms with E-state index in [9.17, 15) is 9.18 Å². The summed E-state index contributed by atoms with van der Waals surface area (Å²) < 4.78 is 19.1. The zero-order chi connectivity index (χ0) is 18.1. The van der Waals surface area contributed by atoms with Crippen molar-refractivity contribution in [2.75, 3.05) is 11.4 Å². The summed E-state index contributed by atoms with van der Waals surface area (Å²) in [4.78, 5) is 22.0. The number of pyridine rings is 1. The van der Waals surface area contributed by atoms with Crippen LogP contribution in [0.2, 0.25) is 5.02 Å². The lowest BCUT2D eigenvalue weighted by Gasteiger charge is -2.30. The molecule has 1 aliphatic rings. The summed E-state index contributed by atoms with van der Waals surface area (Å²) >= 11 is 5.69. The van der Waals surface area contributed by atoms with E-state index in [-0.39, 0.29) is 5.02 Å². The molecule has 3 heterocycles. The number of ether oxygens (including phenoxy) is 1. The average Bonchev–Trinajstić information content (AvgIpc) is 3.14. The van der Waals surface area contributed by atoms with Gasteiger partial charge in [0, 0.05) is 30.9 Å². The summed E-state index contributed by atoms with van der Waals surface area (Å²) in [5.74, 6) is 0.208. The molecule has 0 aliphatic carbocycles. The number of benzene rings is 1. The molecule has 1 aliphatic heterocycles. The fourth-order valence-corrected chi connectivity index (χ4v) is 2.84. The Hall–Kier alpha value is -3.00. The molecule has 3 aromatic rings. The van der Waals surface area contributed by atoms with Crippen LogP contribution in [0.15, 0.2) is 42.7 Å². The Kier molecular flexibility index (Phi) is 4.26. The Morgan fingerprint density at radius 3 is 2.81 bits per heavy atom. The number of hydrogen-bond acceptors (Lipinski definition) is 5. The van der Waals surface area contributed by atoms with Gasteiger partial charge in [-0.25, -0.2) is 19.2 Å². The van der Waals surface area contributed by atoms with Gasteiger partial charge in [-0.1, -0.05) is 17.7 Å². The van der Waals surface area contributed by atoms with Crippen LogP contribution < -0.4 is 4.90 Å². The molecule has 0 spiro atoms. The molecule has 7 nitrogen and oxygen atoms in total. The summed E-state index contributed by atoms with van der Waals surface area (Å²) in [6.45, 7) is 0.360. The number of carbonyl (C=O) groups is 1. The topological polar surface area (TPSA) is 84.0 Å². The summed E-state index contributed by atoms with van der Waals surface area (Å²) in [7, 11) is 0. The first-order valence-corrected chi connectivity index (χ1v) is 8.25. The zero-order valence-corrected chi connectivity index (χ0v) is 14.2. The molecular formula is C17H13ClFN5O2. The number of cyclic esters (lactones) is 1. The molecule has 1 amide bonds. The van der Waals surface area contributed by atoms with Crippen molar-refractivity contribution in [3.63, 3.8) is 0 Å². The zero-order valence-electron chi connectivity index (χ0n) is 13.4. The Bertz CT molecular complexity index is 949. The molecule has 1 atom stereocenters. The van der Waals surface area contributed by atoms with Crippen molar-refractivity contribution in [2.45, 2.75) is 12.5 Å². The van der Waals surface area contributed by atoms with E-state index in [4.69, 9.17) is 16.3 Å². The van der Waals surface area contributed by atoms with Crippen LogP contribution in [0.4, 0.5) is 15.1 Å². The maximum Gasteiger partial charge on any atom is 0.417 e. The summed E-state index contributed by atoms with van der Waals surface area (Å²) in [5, 5.41) is 6.89. The molecule has 1 N–H and O–H groups in total. The van der Waals surface area contributed by atoms with Gasteiger partial charge in [-0.05, 0) is 29.8 Å². The van der Waals surface area contributed by atoms with Gasteiger partial charge in [0.05, 0.1) is 5.02 Å². The number of halogens is 2. The number of aromatic amines is 1. The first kappa shape index (κ1) is 16.5. The number of carbonyl (C=O) groups excluding carboxylic acids is 1. The normalized spacial score (nSPS) is 17.2. The smallest absolute Gasteiger partial charge is 0.417 e. The summed E-state index contributed by atoms with van der Waals surface area (Å²) in [5.41, 5.74) is 1.34. The molecule has 26 heavy (non-hydrogen) atoms. The van der Waals surface area contributed by atoms with E-state index in [1.807, 2.05) is 0 Å². The van der Waals surface area contributed by atoms with Crippen LogP contribution in [0.5, 0.6) is 0 Å². The number of amides is 1. The van der Waals surface area contributed by atoms with E-state index in [2.05, 4.69) is 20.2 Å². The molecule has 2 aromatic heterocycles. The number of hydrogen-bond donors (Lipinski definition) is 1. The Morgan fingerprint density at radius 2 is 2.08 bits per heavy atom. The van der Waals surface area contributed by atoms with Crippen molar-refractivity contribution in [1.29, 1.82) is 0 Å². The second kappa shape index (κ2) is 6.72. The second-order valence-electron chi connectivity index (χ2n) is 5.70. The van der Waals surface area contributed by atoms with Crippen LogP contribution in [-0.4, -0.2) is 32.8 Å². The number of nitrogens with zero attached hydrogens (tertiary/aromatic N) is 4. The van der Waals surface area contributed by atoms with Gasteiger partial charge < -0.3 is 4.74 Å². The van der Waals surface area contributed by atoms with E-state index < -0.39 is 18.0 Å². The van der Waals surface area contributed by atoms with Crippen LogP contribution in [0, 0.1) is 5.82 Å². The fraction of sp³-hybridized carbons (Fsp3) is 0.176. The number of rotatable bonds is 3. The van der Waals surface area contributed by atoms with Crippen LogP contribution >= 0.6 is 11.6 Å². The van der Waals surface area contributed by atoms with Crippen molar-refractivity contribution >= 4 is 23.6 Å². The molecule has 0 saturated carbocycles.